The Balaban J connectivity index is 2.08. The summed E-state index contributed by atoms with van der Waals surface area (Å²) in [5, 5.41) is 10.7. The van der Waals surface area contributed by atoms with Crippen molar-refractivity contribution in [1.29, 1.82) is 0 Å². The van der Waals surface area contributed by atoms with E-state index in [-0.39, 0.29) is 22.6 Å². The van der Waals surface area contributed by atoms with Gasteiger partial charge in [-0.2, -0.15) is 0 Å². The molecule has 2 heterocycles. The second-order valence-corrected chi connectivity index (χ2v) is 6.27. The molecular weight excluding hydrogens is 312 g/mol. The largest absolute Gasteiger partial charge is 0.508 e. The van der Waals surface area contributed by atoms with Crippen LogP contribution in [0.4, 0.5) is 5.88 Å². The predicted molar refractivity (Wildman–Crippen MR) is 91.9 cm³/mol. The second kappa shape index (κ2) is 4.82. The van der Waals surface area contributed by atoms with Crippen LogP contribution in [0.5, 0.6) is 5.75 Å². The standard InChI is InChI=1S/C17H12N2O3S/c1-8-11(20)7-6-9-14(21)13(16(18)22-15(8)9)17-19-10-4-2-3-5-12(10)23-17/h2-7,20H,18H2,1H3. The van der Waals surface area contributed by atoms with E-state index >= 15 is 0 Å². The maximum atomic E-state index is 12.8. The lowest BCUT2D eigenvalue weighted by molar-refractivity contribution is 0.470. The molecule has 23 heavy (non-hydrogen) atoms. The van der Waals surface area contributed by atoms with Gasteiger partial charge >= 0.3 is 0 Å². The summed E-state index contributed by atoms with van der Waals surface area (Å²) in [4.78, 5) is 17.3. The van der Waals surface area contributed by atoms with Crippen LogP contribution in [-0.4, -0.2) is 10.1 Å². The molecule has 4 aromatic rings. The maximum absolute atomic E-state index is 12.8. The SMILES string of the molecule is Cc1c(O)ccc2c(=O)c(-c3nc4ccccc4s3)c(N)oc12. The zero-order chi connectivity index (χ0) is 16.1. The van der Waals surface area contributed by atoms with E-state index in [0.717, 1.165) is 10.2 Å². The molecule has 5 nitrogen and oxygen atoms in total. The van der Waals surface area contributed by atoms with Crippen molar-refractivity contribution in [2.24, 2.45) is 0 Å². The van der Waals surface area contributed by atoms with Crippen molar-refractivity contribution in [3.05, 3.63) is 52.2 Å². The van der Waals surface area contributed by atoms with Gasteiger partial charge in [0.1, 0.15) is 21.9 Å². The number of phenols is 1. The third kappa shape index (κ3) is 1.99. The molecule has 2 aromatic heterocycles. The summed E-state index contributed by atoms with van der Waals surface area (Å²) in [7, 11) is 0. The van der Waals surface area contributed by atoms with E-state index in [1.54, 1.807) is 13.0 Å². The number of phenolic OH excluding ortho intramolecular Hbond substituents is 1. The quantitative estimate of drug-likeness (QED) is 0.557. The third-order valence-electron chi connectivity index (χ3n) is 3.82. The van der Waals surface area contributed by atoms with Gasteiger partial charge < -0.3 is 15.3 Å². The fraction of sp³-hybridized carbons (Fsp3) is 0.0588. The molecule has 0 spiro atoms. The molecule has 0 radical (unpaired) electrons. The highest BCUT2D eigenvalue weighted by Crippen LogP contribution is 2.34. The normalized spacial score (nSPS) is 11.3. The smallest absolute Gasteiger partial charge is 0.205 e. The van der Waals surface area contributed by atoms with Crippen LogP contribution in [0.2, 0.25) is 0 Å². The Morgan fingerprint density at radius 2 is 2.00 bits per heavy atom. The molecule has 3 N–H and O–H groups in total. The minimum atomic E-state index is -0.245. The third-order valence-corrected chi connectivity index (χ3v) is 4.87. The van der Waals surface area contributed by atoms with Gasteiger partial charge in [-0.15, -0.1) is 11.3 Å². The number of aromatic hydroxyl groups is 1. The Bertz CT molecular complexity index is 1100. The number of rotatable bonds is 1. The monoisotopic (exact) mass is 324 g/mol. The minimum absolute atomic E-state index is 0.00950. The van der Waals surface area contributed by atoms with E-state index in [0.29, 0.717) is 21.5 Å². The van der Waals surface area contributed by atoms with Gasteiger partial charge in [-0.25, -0.2) is 4.98 Å². The number of anilines is 1. The number of fused-ring (bicyclic) bond motifs is 2. The fourth-order valence-electron chi connectivity index (χ4n) is 2.58. The molecule has 0 unspecified atom stereocenters. The minimum Gasteiger partial charge on any atom is -0.508 e. The number of aromatic nitrogens is 1. The highest BCUT2D eigenvalue weighted by Gasteiger charge is 2.19. The van der Waals surface area contributed by atoms with E-state index in [1.807, 2.05) is 24.3 Å². The van der Waals surface area contributed by atoms with E-state index in [4.69, 9.17) is 10.2 Å². The topological polar surface area (TPSA) is 89.3 Å². The first-order chi connectivity index (χ1) is 11.1. The van der Waals surface area contributed by atoms with Gasteiger partial charge in [-0.3, -0.25) is 4.79 Å². The van der Waals surface area contributed by atoms with Gasteiger partial charge in [-0.05, 0) is 31.2 Å². The van der Waals surface area contributed by atoms with Crippen molar-refractivity contribution in [2.75, 3.05) is 5.73 Å². The molecule has 0 amide bonds. The van der Waals surface area contributed by atoms with Crippen molar-refractivity contribution >= 4 is 38.4 Å². The molecule has 0 aliphatic heterocycles. The second-order valence-electron chi connectivity index (χ2n) is 5.24. The number of hydrogen-bond donors (Lipinski definition) is 2. The van der Waals surface area contributed by atoms with Crippen LogP contribution >= 0.6 is 11.3 Å². The molecule has 0 fully saturated rings. The summed E-state index contributed by atoms with van der Waals surface area (Å²) < 4.78 is 6.60. The average molecular weight is 324 g/mol. The van der Waals surface area contributed by atoms with E-state index < -0.39 is 0 Å². The van der Waals surface area contributed by atoms with Gasteiger partial charge in [0.05, 0.1) is 15.6 Å². The molecule has 0 bridgehead atoms. The molecule has 0 saturated heterocycles. The maximum Gasteiger partial charge on any atom is 0.205 e. The number of para-hydroxylation sites is 1. The zero-order valence-corrected chi connectivity index (χ0v) is 13.0. The number of nitrogens with two attached hydrogens (primary N) is 1. The molecular formula is C17H12N2O3S. The summed E-state index contributed by atoms with van der Waals surface area (Å²) in [5.74, 6) is 0.0723. The molecule has 0 atom stereocenters. The van der Waals surface area contributed by atoms with Crippen LogP contribution in [0, 0.1) is 6.92 Å². The number of benzene rings is 2. The highest BCUT2D eigenvalue weighted by molar-refractivity contribution is 7.21. The van der Waals surface area contributed by atoms with Crippen molar-refractivity contribution in [3.8, 4) is 16.3 Å². The lowest BCUT2D eigenvalue weighted by atomic mass is 10.1. The highest BCUT2D eigenvalue weighted by atomic mass is 32.1. The van der Waals surface area contributed by atoms with Crippen molar-refractivity contribution in [3.63, 3.8) is 0 Å². The van der Waals surface area contributed by atoms with Gasteiger partial charge in [0, 0.05) is 5.56 Å². The van der Waals surface area contributed by atoms with Crippen molar-refractivity contribution in [2.45, 2.75) is 6.92 Å². The summed E-state index contributed by atoms with van der Waals surface area (Å²) in [6.45, 7) is 1.68. The predicted octanol–water partition coefficient (Wildman–Crippen LogP) is 3.67. The summed E-state index contributed by atoms with van der Waals surface area (Å²) in [6.07, 6.45) is 0. The Kier molecular flexibility index (Phi) is 2.89. The number of aryl methyl sites for hydroxylation is 1. The molecule has 6 heteroatoms. The van der Waals surface area contributed by atoms with Crippen LogP contribution in [0.25, 0.3) is 31.8 Å². The first-order valence-electron chi connectivity index (χ1n) is 6.97. The Morgan fingerprint density at radius 1 is 1.22 bits per heavy atom. The van der Waals surface area contributed by atoms with E-state index in [9.17, 15) is 9.90 Å². The molecule has 114 valence electrons. The van der Waals surface area contributed by atoms with Gasteiger partial charge in [0.2, 0.25) is 11.3 Å². The Morgan fingerprint density at radius 3 is 2.78 bits per heavy atom. The summed E-state index contributed by atoms with van der Waals surface area (Å²) in [5.41, 5.74) is 7.61. The fourth-order valence-corrected chi connectivity index (χ4v) is 3.59. The van der Waals surface area contributed by atoms with Crippen molar-refractivity contribution in [1.82, 2.24) is 4.98 Å². The first kappa shape index (κ1) is 13.8. The molecule has 4 rings (SSSR count). The van der Waals surface area contributed by atoms with Gasteiger partial charge in [0.25, 0.3) is 0 Å². The molecule has 0 aliphatic rings. The summed E-state index contributed by atoms with van der Waals surface area (Å²) >= 11 is 1.39. The van der Waals surface area contributed by atoms with Crippen LogP contribution in [-0.2, 0) is 0 Å². The van der Waals surface area contributed by atoms with Crippen LogP contribution < -0.4 is 11.2 Å². The average Bonchev–Trinajstić information content (AvgIpc) is 2.95. The van der Waals surface area contributed by atoms with Crippen LogP contribution in [0.1, 0.15) is 5.56 Å². The lowest BCUT2D eigenvalue weighted by Gasteiger charge is -2.07. The lowest BCUT2D eigenvalue weighted by Crippen LogP contribution is -2.09. The van der Waals surface area contributed by atoms with Crippen molar-refractivity contribution < 1.29 is 9.52 Å². The number of hydrogen-bond acceptors (Lipinski definition) is 6. The Hall–Kier alpha value is -2.86. The van der Waals surface area contributed by atoms with E-state index in [2.05, 4.69) is 4.98 Å². The number of thiazole rings is 1. The summed E-state index contributed by atoms with van der Waals surface area (Å²) in [6, 6.07) is 10.7. The molecule has 2 aromatic carbocycles. The first-order valence-corrected chi connectivity index (χ1v) is 7.78. The molecule has 0 aliphatic carbocycles. The molecule has 0 saturated carbocycles. The van der Waals surface area contributed by atoms with Crippen LogP contribution in [0.3, 0.4) is 0 Å². The van der Waals surface area contributed by atoms with E-state index in [1.165, 1.54) is 17.4 Å². The van der Waals surface area contributed by atoms with Gasteiger partial charge in [0.15, 0.2) is 0 Å². The van der Waals surface area contributed by atoms with Crippen LogP contribution in [0.15, 0.2) is 45.6 Å². The number of nitrogens with zero attached hydrogens (tertiary/aromatic N) is 1. The zero-order valence-electron chi connectivity index (χ0n) is 12.2. The number of nitrogen functional groups attached to an aromatic ring is 1. The van der Waals surface area contributed by atoms with Gasteiger partial charge in [-0.1, -0.05) is 12.1 Å². The Labute approximate surface area is 134 Å².